The van der Waals surface area contributed by atoms with E-state index >= 15 is 0 Å². The first kappa shape index (κ1) is 20.1. The highest BCUT2D eigenvalue weighted by Gasteiger charge is 2.15. The van der Waals surface area contributed by atoms with Crippen LogP contribution in [0, 0.1) is 6.92 Å². The summed E-state index contributed by atoms with van der Waals surface area (Å²) in [7, 11) is 1.77. The summed E-state index contributed by atoms with van der Waals surface area (Å²) in [6.07, 6.45) is 0. The molecule has 0 N–H and O–H groups in total. The number of hydrogen-bond acceptors (Lipinski definition) is 5. The second kappa shape index (κ2) is 8.01. The van der Waals surface area contributed by atoms with Gasteiger partial charge in [-0.15, -0.1) is 11.3 Å². The molecule has 0 spiro atoms. The highest BCUT2D eigenvalue weighted by Crippen LogP contribution is 2.23. The van der Waals surface area contributed by atoms with Crippen molar-refractivity contribution >= 4 is 38.4 Å². The van der Waals surface area contributed by atoms with E-state index in [0.717, 1.165) is 15.2 Å². The topological polar surface area (TPSA) is 68.1 Å². The van der Waals surface area contributed by atoms with Crippen molar-refractivity contribution in [3.8, 4) is 5.69 Å². The number of para-hydroxylation sites is 2. The van der Waals surface area contributed by atoms with Gasteiger partial charge in [-0.1, -0.05) is 24.3 Å². The van der Waals surface area contributed by atoms with Gasteiger partial charge >= 0.3 is 0 Å². The standard InChI is InChI=1S/C25H20N4O2S/c1-16-26-20-8-4-3-7-19(20)25(31)29(16)18-13-11-17(12-14-18)24(30)28(2)15-23-27-21-9-5-6-10-22(21)32-23/h3-14H,15H2,1-2H3. The maximum absolute atomic E-state index is 13.0. The molecular weight excluding hydrogens is 420 g/mol. The Balaban J connectivity index is 1.40. The van der Waals surface area contributed by atoms with Gasteiger partial charge in [0.05, 0.1) is 33.4 Å². The second-order valence-electron chi connectivity index (χ2n) is 7.60. The summed E-state index contributed by atoms with van der Waals surface area (Å²) >= 11 is 1.59. The van der Waals surface area contributed by atoms with Crippen LogP contribution >= 0.6 is 11.3 Å². The molecule has 0 saturated carbocycles. The Kier molecular flexibility index (Phi) is 5.03. The van der Waals surface area contributed by atoms with Crippen molar-refractivity contribution < 1.29 is 4.79 Å². The molecule has 0 fully saturated rings. The van der Waals surface area contributed by atoms with Crippen LogP contribution < -0.4 is 5.56 Å². The molecule has 0 unspecified atom stereocenters. The number of carbonyl (C=O) groups is 1. The molecule has 32 heavy (non-hydrogen) atoms. The van der Waals surface area contributed by atoms with E-state index in [1.165, 1.54) is 0 Å². The number of thiazole rings is 1. The molecule has 7 heteroatoms. The molecule has 0 atom stereocenters. The molecule has 0 radical (unpaired) electrons. The van der Waals surface area contributed by atoms with Gasteiger partial charge in [0.15, 0.2) is 0 Å². The zero-order valence-electron chi connectivity index (χ0n) is 17.6. The average Bonchev–Trinajstić information content (AvgIpc) is 3.21. The number of aromatic nitrogens is 3. The van der Waals surface area contributed by atoms with Crippen molar-refractivity contribution in [3.63, 3.8) is 0 Å². The van der Waals surface area contributed by atoms with Crippen molar-refractivity contribution in [2.24, 2.45) is 0 Å². The Morgan fingerprint density at radius 1 is 0.938 bits per heavy atom. The number of carbonyl (C=O) groups excluding carboxylic acids is 1. The average molecular weight is 441 g/mol. The lowest BCUT2D eigenvalue weighted by Gasteiger charge is -2.16. The number of hydrogen-bond donors (Lipinski definition) is 0. The van der Waals surface area contributed by atoms with Crippen LogP contribution in [0.25, 0.3) is 26.8 Å². The summed E-state index contributed by atoms with van der Waals surface area (Å²) < 4.78 is 2.68. The van der Waals surface area contributed by atoms with E-state index in [0.29, 0.717) is 34.5 Å². The zero-order chi connectivity index (χ0) is 22.2. The summed E-state index contributed by atoms with van der Waals surface area (Å²) in [5.74, 6) is 0.497. The third kappa shape index (κ3) is 3.56. The molecule has 5 rings (SSSR count). The van der Waals surface area contributed by atoms with Gasteiger partial charge in [0.25, 0.3) is 11.5 Å². The van der Waals surface area contributed by atoms with Crippen LogP contribution in [0.15, 0.2) is 77.6 Å². The lowest BCUT2D eigenvalue weighted by molar-refractivity contribution is 0.0785. The number of amides is 1. The lowest BCUT2D eigenvalue weighted by Crippen LogP contribution is -2.26. The normalized spacial score (nSPS) is 11.2. The van der Waals surface area contributed by atoms with Crippen LogP contribution in [-0.4, -0.2) is 32.4 Å². The van der Waals surface area contributed by atoms with E-state index in [4.69, 9.17) is 0 Å². The van der Waals surface area contributed by atoms with Crippen LogP contribution in [0.2, 0.25) is 0 Å². The molecule has 1 amide bonds. The molecule has 5 aromatic rings. The summed E-state index contributed by atoms with van der Waals surface area (Å²) in [6, 6.07) is 22.3. The van der Waals surface area contributed by atoms with Crippen molar-refractivity contribution in [3.05, 3.63) is 99.5 Å². The smallest absolute Gasteiger partial charge is 0.265 e. The molecule has 2 aromatic heterocycles. The van der Waals surface area contributed by atoms with Crippen LogP contribution in [0.1, 0.15) is 21.2 Å². The Morgan fingerprint density at radius 3 is 2.38 bits per heavy atom. The molecule has 6 nitrogen and oxygen atoms in total. The lowest BCUT2D eigenvalue weighted by atomic mass is 10.1. The van der Waals surface area contributed by atoms with Crippen LogP contribution in [0.4, 0.5) is 0 Å². The summed E-state index contributed by atoms with van der Waals surface area (Å²) in [5, 5.41) is 1.46. The predicted octanol–water partition coefficient (Wildman–Crippen LogP) is 4.58. The minimum Gasteiger partial charge on any atom is -0.335 e. The molecule has 158 valence electrons. The van der Waals surface area contributed by atoms with Gasteiger partial charge in [-0.25, -0.2) is 9.97 Å². The Hall–Kier alpha value is -3.84. The minimum absolute atomic E-state index is 0.100. The quantitative estimate of drug-likeness (QED) is 0.410. The molecule has 2 heterocycles. The van der Waals surface area contributed by atoms with Crippen LogP contribution in [0.5, 0.6) is 0 Å². The number of aryl methyl sites for hydroxylation is 1. The van der Waals surface area contributed by atoms with Crippen molar-refractivity contribution in [1.82, 2.24) is 19.4 Å². The van der Waals surface area contributed by atoms with Crippen molar-refractivity contribution in [2.75, 3.05) is 7.05 Å². The van der Waals surface area contributed by atoms with Gasteiger partial charge in [-0.3, -0.25) is 14.2 Å². The zero-order valence-corrected chi connectivity index (χ0v) is 18.5. The Bertz CT molecular complexity index is 1490. The van der Waals surface area contributed by atoms with E-state index < -0.39 is 0 Å². The van der Waals surface area contributed by atoms with E-state index in [9.17, 15) is 9.59 Å². The third-order valence-corrected chi connectivity index (χ3v) is 6.39. The predicted molar refractivity (Wildman–Crippen MR) is 127 cm³/mol. The van der Waals surface area contributed by atoms with E-state index in [1.807, 2.05) is 42.5 Å². The maximum atomic E-state index is 13.0. The number of rotatable bonds is 4. The van der Waals surface area contributed by atoms with Gasteiger partial charge in [-0.2, -0.15) is 0 Å². The maximum Gasteiger partial charge on any atom is 0.265 e. The molecule has 0 saturated heterocycles. The first-order valence-corrected chi connectivity index (χ1v) is 11.0. The van der Waals surface area contributed by atoms with Gasteiger partial charge < -0.3 is 4.90 Å². The van der Waals surface area contributed by atoms with Crippen molar-refractivity contribution in [1.29, 1.82) is 0 Å². The van der Waals surface area contributed by atoms with E-state index in [1.54, 1.807) is 65.1 Å². The van der Waals surface area contributed by atoms with Gasteiger partial charge in [-0.05, 0) is 55.5 Å². The molecule has 0 aliphatic heterocycles. The first-order valence-electron chi connectivity index (χ1n) is 10.2. The fourth-order valence-electron chi connectivity index (χ4n) is 3.78. The minimum atomic E-state index is -0.125. The summed E-state index contributed by atoms with van der Waals surface area (Å²) in [6.45, 7) is 2.24. The van der Waals surface area contributed by atoms with Crippen LogP contribution in [0.3, 0.4) is 0 Å². The molecular formula is C25H20N4O2S. The fraction of sp³-hybridized carbons (Fsp3) is 0.120. The van der Waals surface area contributed by atoms with Crippen molar-refractivity contribution in [2.45, 2.75) is 13.5 Å². The van der Waals surface area contributed by atoms with E-state index in [2.05, 4.69) is 9.97 Å². The number of fused-ring (bicyclic) bond motifs is 2. The number of nitrogens with zero attached hydrogens (tertiary/aromatic N) is 4. The molecule has 0 aliphatic carbocycles. The second-order valence-corrected chi connectivity index (χ2v) is 8.72. The fourth-order valence-corrected chi connectivity index (χ4v) is 4.80. The SMILES string of the molecule is Cc1nc2ccccc2c(=O)n1-c1ccc(C(=O)N(C)Cc2nc3ccccc3s2)cc1. The molecule has 0 aliphatic rings. The third-order valence-electron chi connectivity index (χ3n) is 5.37. The van der Waals surface area contributed by atoms with Gasteiger partial charge in [0, 0.05) is 12.6 Å². The molecule has 0 bridgehead atoms. The Morgan fingerprint density at radius 2 is 1.62 bits per heavy atom. The largest absolute Gasteiger partial charge is 0.335 e. The van der Waals surface area contributed by atoms with E-state index in [-0.39, 0.29) is 11.5 Å². The number of benzene rings is 3. The highest BCUT2D eigenvalue weighted by atomic mass is 32.1. The first-order chi connectivity index (χ1) is 15.5. The monoisotopic (exact) mass is 440 g/mol. The Labute approximate surface area is 188 Å². The molecule has 3 aromatic carbocycles. The highest BCUT2D eigenvalue weighted by molar-refractivity contribution is 7.18. The van der Waals surface area contributed by atoms with Gasteiger partial charge in [0.1, 0.15) is 10.8 Å². The van der Waals surface area contributed by atoms with Crippen LogP contribution in [-0.2, 0) is 6.54 Å². The van der Waals surface area contributed by atoms with Gasteiger partial charge in [0.2, 0.25) is 0 Å². The summed E-state index contributed by atoms with van der Waals surface area (Å²) in [5.41, 5.74) is 2.73. The summed E-state index contributed by atoms with van der Waals surface area (Å²) in [4.78, 5) is 36.7.